The van der Waals surface area contributed by atoms with Crippen molar-refractivity contribution in [2.75, 3.05) is 0 Å². The quantitative estimate of drug-likeness (QED) is 0.495. The van der Waals surface area contributed by atoms with E-state index in [0.29, 0.717) is 0 Å². The van der Waals surface area contributed by atoms with Gasteiger partial charge in [-0.1, -0.05) is 17.7 Å². The number of aliphatic imine (C=N–C) groups is 1. The zero-order valence-electron chi connectivity index (χ0n) is 9.92. The average Bonchev–Trinajstić information content (AvgIpc) is 2.39. The molecule has 102 valence electrons. The molecule has 0 aliphatic rings. The lowest BCUT2D eigenvalue weighted by molar-refractivity contribution is -0.398. The highest BCUT2D eigenvalue weighted by Gasteiger charge is 2.11. The topological polar surface area (TPSA) is 78.6 Å². The summed E-state index contributed by atoms with van der Waals surface area (Å²) in [5, 5.41) is 22.5. The Labute approximate surface area is 118 Å². The van der Waals surface area contributed by atoms with Gasteiger partial charge >= 0.3 is 0 Å². The number of hydrogen-bond donors (Lipinski definition) is 0. The monoisotopic (exact) mass is 293 g/mol. The number of benzene rings is 2. The van der Waals surface area contributed by atoms with E-state index in [1.807, 2.05) is 0 Å². The standard InChI is InChI=1S/C13H8ClFN2O3/c14-9-4-8(13(18)12(5-9)17(19)20)7-16-11-3-1-2-10(15)6-11/h1-7,18H/p-1. The molecule has 0 radical (unpaired) electrons. The summed E-state index contributed by atoms with van der Waals surface area (Å²) in [5.74, 6) is -1.27. The highest BCUT2D eigenvalue weighted by molar-refractivity contribution is 6.31. The van der Waals surface area contributed by atoms with E-state index in [-0.39, 0.29) is 16.3 Å². The molecule has 0 fully saturated rings. The summed E-state index contributed by atoms with van der Waals surface area (Å²) < 4.78 is 13.0. The largest absolute Gasteiger partial charge is 0.867 e. The minimum atomic E-state index is -0.812. The van der Waals surface area contributed by atoms with Crippen LogP contribution in [0.2, 0.25) is 5.02 Å². The average molecular weight is 294 g/mol. The molecule has 2 rings (SSSR count). The van der Waals surface area contributed by atoms with Gasteiger partial charge in [-0.05, 0) is 35.6 Å². The van der Waals surface area contributed by atoms with Gasteiger partial charge in [0.05, 0.1) is 10.6 Å². The van der Waals surface area contributed by atoms with Gasteiger partial charge in [0.15, 0.2) is 0 Å². The fourth-order valence-corrected chi connectivity index (χ4v) is 1.75. The van der Waals surface area contributed by atoms with E-state index in [4.69, 9.17) is 11.6 Å². The van der Waals surface area contributed by atoms with Gasteiger partial charge < -0.3 is 5.11 Å². The molecule has 0 unspecified atom stereocenters. The molecule has 7 heteroatoms. The molecule has 0 aliphatic heterocycles. The molecule has 0 atom stereocenters. The third-order valence-electron chi connectivity index (χ3n) is 2.42. The van der Waals surface area contributed by atoms with E-state index in [9.17, 15) is 19.6 Å². The Kier molecular flexibility index (Phi) is 3.95. The van der Waals surface area contributed by atoms with Crippen LogP contribution in [0.25, 0.3) is 0 Å². The van der Waals surface area contributed by atoms with Crippen molar-refractivity contribution in [1.82, 2.24) is 0 Å². The van der Waals surface area contributed by atoms with Crippen LogP contribution in [0.4, 0.5) is 15.8 Å². The summed E-state index contributed by atoms with van der Waals surface area (Å²) >= 11 is 5.71. The number of hydrogen-bond acceptors (Lipinski definition) is 4. The fraction of sp³-hybridized carbons (Fsp3) is 0. The SMILES string of the molecule is O=[N+]([O-])c1cc(Cl)cc(C=Nc2cccc(F)c2)c1[O-]. The normalized spacial score (nSPS) is 10.9. The molecule has 0 aliphatic carbocycles. The van der Waals surface area contributed by atoms with Gasteiger partial charge in [0.25, 0.3) is 5.69 Å². The Morgan fingerprint density at radius 3 is 2.70 bits per heavy atom. The second-order valence-electron chi connectivity index (χ2n) is 3.84. The summed E-state index contributed by atoms with van der Waals surface area (Å²) in [5.41, 5.74) is -0.376. The molecule has 0 heterocycles. The minimum Gasteiger partial charge on any atom is -0.867 e. The zero-order chi connectivity index (χ0) is 14.7. The van der Waals surface area contributed by atoms with Gasteiger partial charge in [-0.2, -0.15) is 0 Å². The molecule has 2 aromatic carbocycles. The Morgan fingerprint density at radius 2 is 2.05 bits per heavy atom. The first-order valence-electron chi connectivity index (χ1n) is 5.42. The van der Waals surface area contributed by atoms with E-state index in [0.717, 1.165) is 12.3 Å². The van der Waals surface area contributed by atoms with Gasteiger partial charge in [-0.15, -0.1) is 0 Å². The van der Waals surface area contributed by atoms with Crippen molar-refractivity contribution in [3.05, 3.63) is 62.9 Å². The summed E-state index contributed by atoms with van der Waals surface area (Å²) in [7, 11) is 0. The van der Waals surface area contributed by atoms with Crippen LogP contribution < -0.4 is 5.11 Å². The molecule has 0 aromatic heterocycles. The fourth-order valence-electron chi connectivity index (χ4n) is 1.53. The third-order valence-corrected chi connectivity index (χ3v) is 2.64. The first kappa shape index (κ1) is 14.0. The van der Waals surface area contributed by atoms with Crippen molar-refractivity contribution in [1.29, 1.82) is 0 Å². The highest BCUT2D eigenvalue weighted by atomic mass is 35.5. The molecule has 0 saturated carbocycles. The molecule has 0 bridgehead atoms. The van der Waals surface area contributed by atoms with Crippen LogP contribution in [-0.2, 0) is 0 Å². The van der Waals surface area contributed by atoms with E-state index in [1.165, 1.54) is 30.3 Å². The van der Waals surface area contributed by atoms with Gasteiger partial charge in [-0.3, -0.25) is 15.1 Å². The summed E-state index contributed by atoms with van der Waals surface area (Å²) in [6.07, 6.45) is 1.12. The zero-order valence-corrected chi connectivity index (χ0v) is 10.7. The van der Waals surface area contributed by atoms with Crippen LogP contribution in [0.15, 0.2) is 41.4 Å². The molecule has 5 nitrogen and oxygen atoms in total. The van der Waals surface area contributed by atoms with Gasteiger partial charge in [0, 0.05) is 17.3 Å². The first-order chi connectivity index (χ1) is 9.47. The Morgan fingerprint density at radius 1 is 1.30 bits per heavy atom. The van der Waals surface area contributed by atoms with Crippen molar-refractivity contribution >= 4 is 29.2 Å². The van der Waals surface area contributed by atoms with Gasteiger partial charge in [-0.25, -0.2) is 4.39 Å². The molecule has 0 saturated heterocycles. The van der Waals surface area contributed by atoms with Gasteiger partial charge in [0.2, 0.25) is 0 Å². The summed E-state index contributed by atoms with van der Waals surface area (Å²) in [4.78, 5) is 13.8. The Hall–Kier alpha value is -2.47. The maximum Gasteiger partial charge on any atom is 0.263 e. The lowest BCUT2D eigenvalue weighted by atomic mass is 10.2. The predicted molar refractivity (Wildman–Crippen MR) is 71.2 cm³/mol. The molecule has 0 spiro atoms. The maximum atomic E-state index is 13.0. The van der Waals surface area contributed by atoms with Crippen molar-refractivity contribution in [3.8, 4) is 5.75 Å². The molecule has 0 N–H and O–H groups in total. The molecular formula is C13H7ClFN2O3-. The van der Waals surface area contributed by atoms with Crippen LogP contribution in [-0.4, -0.2) is 11.1 Å². The van der Waals surface area contributed by atoms with Crippen LogP contribution in [0, 0.1) is 15.9 Å². The number of rotatable bonds is 3. The summed E-state index contributed by atoms with van der Waals surface area (Å²) in [6.45, 7) is 0. The number of nitrogens with zero attached hydrogens (tertiary/aromatic N) is 2. The molecule has 0 amide bonds. The van der Waals surface area contributed by atoms with Gasteiger partial charge in [0.1, 0.15) is 5.82 Å². The molecule has 20 heavy (non-hydrogen) atoms. The van der Waals surface area contributed by atoms with E-state index in [1.54, 1.807) is 0 Å². The van der Waals surface area contributed by atoms with Crippen molar-refractivity contribution in [2.45, 2.75) is 0 Å². The third kappa shape index (κ3) is 3.10. The van der Waals surface area contributed by atoms with Crippen LogP contribution in [0.3, 0.4) is 0 Å². The summed E-state index contributed by atoms with van der Waals surface area (Å²) in [6, 6.07) is 7.65. The Balaban J connectivity index is 2.41. The molecule has 2 aromatic rings. The van der Waals surface area contributed by atoms with Crippen LogP contribution in [0.1, 0.15) is 5.56 Å². The highest BCUT2D eigenvalue weighted by Crippen LogP contribution is 2.30. The Bertz CT molecular complexity index is 704. The second kappa shape index (κ2) is 5.66. The van der Waals surface area contributed by atoms with Crippen molar-refractivity contribution in [2.24, 2.45) is 4.99 Å². The van der Waals surface area contributed by atoms with E-state index in [2.05, 4.69) is 4.99 Å². The van der Waals surface area contributed by atoms with E-state index < -0.39 is 22.2 Å². The minimum absolute atomic E-state index is 0.0338. The van der Waals surface area contributed by atoms with Crippen molar-refractivity contribution in [3.63, 3.8) is 0 Å². The second-order valence-corrected chi connectivity index (χ2v) is 4.27. The maximum absolute atomic E-state index is 13.0. The van der Waals surface area contributed by atoms with Crippen LogP contribution >= 0.6 is 11.6 Å². The number of nitro groups is 1. The smallest absolute Gasteiger partial charge is 0.263 e. The van der Waals surface area contributed by atoms with Crippen molar-refractivity contribution < 1.29 is 14.4 Å². The number of halogens is 2. The van der Waals surface area contributed by atoms with Crippen LogP contribution in [0.5, 0.6) is 5.75 Å². The number of nitro benzene ring substituents is 1. The van der Waals surface area contributed by atoms with E-state index >= 15 is 0 Å². The lowest BCUT2D eigenvalue weighted by Gasteiger charge is -2.10. The lowest BCUT2D eigenvalue weighted by Crippen LogP contribution is -2.02. The predicted octanol–water partition coefficient (Wildman–Crippen LogP) is 3.21. The molecular weight excluding hydrogens is 287 g/mol. The first-order valence-corrected chi connectivity index (χ1v) is 5.80.